The molecule has 0 heterocycles. The van der Waals surface area contributed by atoms with E-state index >= 15 is 0 Å². The molecule has 0 fully saturated rings. The molecule has 3 aromatic rings. The van der Waals surface area contributed by atoms with E-state index in [0.29, 0.717) is 27.8 Å². The fourth-order valence-electron chi connectivity index (χ4n) is 3.53. The molecule has 0 aromatic heterocycles. The van der Waals surface area contributed by atoms with Crippen molar-refractivity contribution >= 4 is 11.1 Å². The Morgan fingerprint density at radius 1 is 0.607 bits per heavy atom. The lowest BCUT2D eigenvalue weighted by molar-refractivity contribution is 0.627. The Bertz CT molecular complexity index is 1220. The molecule has 0 bridgehead atoms. The van der Waals surface area contributed by atoms with Crippen LogP contribution in [-0.2, 0) is 0 Å². The summed E-state index contributed by atoms with van der Waals surface area (Å²) in [6.07, 6.45) is 0. The van der Waals surface area contributed by atoms with Gasteiger partial charge in [-0.2, -0.15) is 10.5 Å². The van der Waals surface area contributed by atoms with Crippen molar-refractivity contribution in [3.05, 3.63) is 117 Å². The zero-order valence-corrected chi connectivity index (χ0v) is 14.6. The van der Waals surface area contributed by atoms with Crippen molar-refractivity contribution < 1.29 is 8.78 Å². The van der Waals surface area contributed by atoms with Crippen molar-refractivity contribution in [2.45, 2.75) is 0 Å². The summed E-state index contributed by atoms with van der Waals surface area (Å²) in [7, 11) is 0. The van der Waals surface area contributed by atoms with Gasteiger partial charge in [0, 0.05) is 5.57 Å². The lowest BCUT2D eigenvalue weighted by Gasteiger charge is -2.12. The fourth-order valence-corrected chi connectivity index (χ4v) is 3.53. The number of rotatable bonds is 2. The summed E-state index contributed by atoms with van der Waals surface area (Å²) in [4.78, 5) is 0. The molecule has 2 nitrogen and oxygen atoms in total. The standard InChI is InChI=1S/C24H12F2N2/c25-18-9-5-15(6-10-18)22-20-3-1-2-4-21(20)23(24(22)17(13-27)14-28)16-7-11-19(26)12-8-16/h1-12H. The lowest BCUT2D eigenvalue weighted by Crippen LogP contribution is -2.23. The van der Waals surface area contributed by atoms with E-state index in [1.807, 2.05) is 36.4 Å². The van der Waals surface area contributed by atoms with Gasteiger partial charge >= 0.3 is 0 Å². The topological polar surface area (TPSA) is 47.6 Å². The number of allylic oxidation sites excluding steroid dienone is 2. The minimum absolute atomic E-state index is 0.0464. The molecule has 1 aliphatic rings. The van der Waals surface area contributed by atoms with Gasteiger partial charge in [0.1, 0.15) is 29.3 Å². The Morgan fingerprint density at radius 2 is 1.00 bits per heavy atom. The first-order chi connectivity index (χ1) is 13.6. The molecule has 4 rings (SSSR count). The summed E-state index contributed by atoms with van der Waals surface area (Å²) in [5.41, 5.74) is 3.20. The van der Waals surface area contributed by atoms with E-state index in [0.717, 1.165) is 10.4 Å². The molecule has 0 saturated heterocycles. The third kappa shape index (κ3) is 2.78. The van der Waals surface area contributed by atoms with Gasteiger partial charge < -0.3 is 0 Å². The molecule has 132 valence electrons. The summed E-state index contributed by atoms with van der Waals surface area (Å²) in [5, 5.41) is 20.9. The molecule has 3 aromatic carbocycles. The van der Waals surface area contributed by atoms with Crippen LogP contribution < -0.4 is 10.4 Å². The maximum Gasteiger partial charge on any atom is 0.138 e. The number of benzene rings is 3. The minimum Gasteiger partial charge on any atom is -0.207 e. The Balaban J connectivity index is 2.17. The SMILES string of the molecule is N#CC(C#N)=C1C(c2ccc(F)cc2)=c2ccccc2=C1c1ccc(F)cc1. The first kappa shape index (κ1) is 17.4. The summed E-state index contributed by atoms with van der Waals surface area (Å²) < 4.78 is 26.9. The Hall–Kier alpha value is -4.02. The van der Waals surface area contributed by atoms with Gasteiger partial charge in [0.25, 0.3) is 0 Å². The van der Waals surface area contributed by atoms with Crippen molar-refractivity contribution in [1.82, 2.24) is 0 Å². The molecule has 28 heavy (non-hydrogen) atoms. The summed E-state index contributed by atoms with van der Waals surface area (Å²) in [6, 6.07) is 23.4. The van der Waals surface area contributed by atoms with Crippen LogP contribution >= 0.6 is 0 Å². The molecule has 0 unspecified atom stereocenters. The van der Waals surface area contributed by atoms with E-state index in [1.165, 1.54) is 24.3 Å². The lowest BCUT2D eigenvalue weighted by atomic mass is 9.89. The molecule has 0 aliphatic heterocycles. The van der Waals surface area contributed by atoms with E-state index in [1.54, 1.807) is 24.3 Å². The van der Waals surface area contributed by atoms with Crippen LogP contribution in [-0.4, -0.2) is 0 Å². The molecule has 1 aliphatic carbocycles. The van der Waals surface area contributed by atoms with E-state index in [9.17, 15) is 19.3 Å². The largest absolute Gasteiger partial charge is 0.207 e. The number of nitriles is 2. The zero-order chi connectivity index (χ0) is 19.7. The van der Waals surface area contributed by atoms with Gasteiger partial charge in [-0.15, -0.1) is 0 Å². The van der Waals surface area contributed by atoms with Crippen LogP contribution in [0.15, 0.2) is 83.9 Å². The number of hydrogen-bond acceptors (Lipinski definition) is 2. The maximum absolute atomic E-state index is 13.5. The first-order valence-corrected chi connectivity index (χ1v) is 8.55. The highest BCUT2D eigenvalue weighted by molar-refractivity contribution is 6.03. The predicted molar refractivity (Wildman–Crippen MR) is 102 cm³/mol. The van der Waals surface area contributed by atoms with Crippen LogP contribution in [0.1, 0.15) is 11.1 Å². The van der Waals surface area contributed by atoms with Gasteiger partial charge in [0.2, 0.25) is 0 Å². The normalized spacial score (nSPS) is 12.4. The zero-order valence-electron chi connectivity index (χ0n) is 14.6. The van der Waals surface area contributed by atoms with Crippen molar-refractivity contribution in [2.75, 3.05) is 0 Å². The molecule has 0 amide bonds. The van der Waals surface area contributed by atoms with Crippen LogP contribution in [0.25, 0.3) is 11.1 Å². The quantitative estimate of drug-likeness (QED) is 0.649. The van der Waals surface area contributed by atoms with Crippen LogP contribution in [0.5, 0.6) is 0 Å². The molecule has 0 spiro atoms. The van der Waals surface area contributed by atoms with Crippen molar-refractivity contribution in [2.24, 2.45) is 0 Å². The van der Waals surface area contributed by atoms with E-state index in [4.69, 9.17) is 0 Å². The van der Waals surface area contributed by atoms with Gasteiger partial charge in [-0.3, -0.25) is 0 Å². The molecule has 0 radical (unpaired) electrons. The first-order valence-electron chi connectivity index (χ1n) is 8.55. The van der Waals surface area contributed by atoms with E-state index in [-0.39, 0.29) is 17.2 Å². The Morgan fingerprint density at radius 3 is 1.36 bits per heavy atom. The predicted octanol–water partition coefficient (Wildman–Crippen LogP) is 3.72. The molecule has 0 N–H and O–H groups in total. The van der Waals surface area contributed by atoms with Gasteiger partial charge in [-0.1, -0.05) is 48.5 Å². The molecule has 4 heteroatoms. The Labute approximate surface area is 160 Å². The van der Waals surface area contributed by atoms with E-state index < -0.39 is 0 Å². The highest BCUT2D eigenvalue weighted by Gasteiger charge is 2.26. The minimum atomic E-state index is -0.371. The third-order valence-electron chi connectivity index (χ3n) is 4.71. The average molecular weight is 366 g/mol. The number of fused-ring (bicyclic) bond motifs is 1. The van der Waals surface area contributed by atoms with Crippen LogP contribution in [0.4, 0.5) is 8.78 Å². The molecular formula is C24H12F2N2. The smallest absolute Gasteiger partial charge is 0.138 e. The monoisotopic (exact) mass is 366 g/mol. The second kappa shape index (κ2) is 6.95. The third-order valence-corrected chi connectivity index (χ3v) is 4.71. The Kier molecular flexibility index (Phi) is 4.32. The van der Waals surface area contributed by atoms with Crippen molar-refractivity contribution in [1.29, 1.82) is 10.5 Å². The van der Waals surface area contributed by atoms with Crippen LogP contribution in [0.3, 0.4) is 0 Å². The van der Waals surface area contributed by atoms with Crippen LogP contribution in [0, 0.1) is 34.3 Å². The fraction of sp³-hybridized carbons (Fsp3) is 0. The molecular weight excluding hydrogens is 354 g/mol. The average Bonchev–Trinajstić information content (AvgIpc) is 3.05. The van der Waals surface area contributed by atoms with Crippen molar-refractivity contribution in [3.8, 4) is 12.1 Å². The summed E-state index contributed by atoms with van der Waals surface area (Å²) in [5.74, 6) is -0.741. The number of nitrogens with zero attached hydrogens (tertiary/aromatic N) is 2. The second-order valence-electron chi connectivity index (χ2n) is 6.28. The maximum atomic E-state index is 13.5. The highest BCUT2D eigenvalue weighted by atomic mass is 19.1. The van der Waals surface area contributed by atoms with Gasteiger partial charge in [0.05, 0.1) is 0 Å². The van der Waals surface area contributed by atoms with Crippen LogP contribution in [0.2, 0.25) is 0 Å². The van der Waals surface area contributed by atoms with Gasteiger partial charge in [-0.05, 0) is 57.0 Å². The second-order valence-corrected chi connectivity index (χ2v) is 6.28. The van der Waals surface area contributed by atoms with Gasteiger partial charge in [-0.25, -0.2) is 8.78 Å². The van der Waals surface area contributed by atoms with Gasteiger partial charge in [0.15, 0.2) is 0 Å². The number of hydrogen-bond donors (Lipinski definition) is 0. The highest BCUT2D eigenvalue weighted by Crippen LogP contribution is 2.35. The summed E-state index contributed by atoms with van der Waals surface area (Å²) in [6.45, 7) is 0. The number of halogens is 2. The van der Waals surface area contributed by atoms with E-state index in [2.05, 4.69) is 0 Å². The summed E-state index contributed by atoms with van der Waals surface area (Å²) >= 11 is 0. The molecule has 0 atom stereocenters. The van der Waals surface area contributed by atoms with Crippen molar-refractivity contribution in [3.63, 3.8) is 0 Å². The molecule has 0 saturated carbocycles.